The third kappa shape index (κ3) is 5.58. The van der Waals surface area contributed by atoms with Gasteiger partial charge in [-0.1, -0.05) is 16.8 Å². The molecule has 2 saturated heterocycles. The Balaban J connectivity index is 1.55. The van der Waals surface area contributed by atoms with Crippen LogP contribution >= 0.6 is 11.6 Å². The quantitative estimate of drug-likeness (QED) is 0.381. The highest BCUT2D eigenvalue weighted by molar-refractivity contribution is 6.33. The van der Waals surface area contributed by atoms with E-state index in [2.05, 4.69) is 15.4 Å². The number of alkyl halides is 2. The van der Waals surface area contributed by atoms with E-state index in [1.54, 1.807) is 25.2 Å². The molecule has 3 aromatic rings. The summed E-state index contributed by atoms with van der Waals surface area (Å²) in [5.74, 6) is 2.31. The number of aliphatic hydroxyl groups excluding tert-OH is 1. The van der Waals surface area contributed by atoms with Gasteiger partial charge in [0, 0.05) is 42.8 Å². The summed E-state index contributed by atoms with van der Waals surface area (Å²) in [4.78, 5) is 14.0. The molecule has 0 unspecified atom stereocenters. The Hall–Kier alpha value is -2.86. The highest BCUT2D eigenvalue weighted by atomic mass is 35.5. The number of nitrogens with one attached hydrogen (secondary N) is 1. The van der Waals surface area contributed by atoms with E-state index >= 15 is 0 Å². The number of likely N-dealkylation sites (tertiary alicyclic amines) is 1. The lowest BCUT2D eigenvalue weighted by atomic mass is 10.0. The topological polar surface area (TPSA) is 99.8 Å². The van der Waals surface area contributed by atoms with Gasteiger partial charge in [0.1, 0.15) is 30.0 Å². The van der Waals surface area contributed by atoms with Gasteiger partial charge in [0.2, 0.25) is 0 Å². The number of piperazine rings is 1. The lowest BCUT2D eigenvalue weighted by molar-refractivity contribution is 0.0790. The van der Waals surface area contributed by atoms with Crippen LogP contribution in [0.25, 0.3) is 22.6 Å². The van der Waals surface area contributed by atoms with Crippen LogP contribution in [-0.2, 0) is 0 Å². The van der Waals surface area contributed by atoms with Crippen LogP contribution in [0.15, 0.2) is 22.7 Å². The number of halogens is 3. The van der Waals surface area contributed by atoms with Crippen molar-refractivity contribution < 1.29 is 23.1 Å². The molecule has 2 aliphatic rings. The first-order chi connectivity index (χ1) is 18.7. The van der Waals surface area contributed by atoms with E-state index < -0.39 is 12.5 Å². The number of nitrogens with zero attached hydrogens (tertiary/aromatic N) is 5. The molecular weight excluding hydrogens is 530 g/mol. The minimum Gasteiger partial charge on any atom is -0.491 e. The fraction of sp³-hybridized carbons (Fsp3) is 0.519. The number of likely N-dealkylation sites (N-methyl/N-ethyl adjacent to an activating group) is 1. The molecule has 2 fully saturated rings. The number of ether oxygens (including phenoxy) is 1. The number of aryl methyl sites for hydroxylation is 2. The normalized spacial score (nSPS) is 19.9. The second-order valence-corrected chi connectivity index (χ2v) is 10.7. The summed E-state index contributed by atoms with van der Waals surface area (Å²) in [6.45, 7) is 7.14. The van der Waals surface area contributed by atoms with Crippen molar-refractivity contribution in [2.75, 3.05) is 44.7 Å². The highest BCUT2D eigenvalue weighted by Gasteiger charge is 2.45. The maximum Gasteiger partial charge on any atom is 0.251 e. The summed E-state index contributed by atoms with van der Waals surface area (Å²) in [6, 6.07) is 5.34. The molecule has 0 amide bonds. The van der Waals surface area contributed by atoms with E-state index in [-0.39, 0.29) is 25.2 Å². The van der Waals surface area contributed by atoms with Crippen molar-refractivity contribution in [3.63, 3.8) is 0 Å². The molecule has 9 nitrogen and oxygen atoms in total. The number of rotatable bonds is 10. The molecule has 0 radical (unpaired) electrons. The molecule has 2 aliphatic heterocycles. The van der Waals surface area contributed by atoms with E-state index in [1.165, 1.54) is 0 Å². The lowest BCUT2D eigenvalue weighted by Crippen LogP contribution is -2.48. The van der Waals surface area contributed by atoms with Gasteiger partial charge in [-0.2, -0.15) is 0 Å². The van der Waals surface area contributed by atoms with E-state index in [9.17, 15) is 13.9 Å². The second kappa shape index (κ2) is 11.3. The summed E-state index contributed by atoms with van der Waals surface area (Å²) in [5.41, 5.74) is 3.62. The van der Waals surface area contributed by atoms with Crippen LogP contribution in [0.2, 0.25) is 5.02 Å². The fourth-order valence-corrected chi connectivity index (χ4v) is 5.83. The van der Waals surface area contributed by atoms with Crippen LogP contribution in [0.3, 0.4) is 0 Å². The Morgan fingerprint density at radius 3 is 2.64 bits per heavy atom. The highest BCUT2D eigenvalue weighted by Crippen LogP contribution is 2.41. The second-order valence-electron chi connectivity index (χ2n) is 10.2. The van der Waals surface area contributed by atoms with Crippen molar-refractivity contribution in [1.82, 2.24) is 25.3 Å². The van der Waals surface area contributed by atoms with Gasteiger partial charge < -0.3 is 24.6 Å². The maximum absolute atomic E-state index is 13.1. The fourth-order valence-electron chi connectivity index (χ4n) is 5.63. The Bertz CT molecular complexity index is 1320. The van der Waals surface area contributed by atoms with Crippen LogP contribution in [0, 0.1) is 20.8 Å². The molecule has 12 heteroatoms. The monoisotopic (exact) mass is 562 g/mol. The molecule has 0 saturated carbocycles. The van der Waals surface area contributed by atoms with Gasteiger partial charge in [-0.15, -0.1) is 0 Å². The van der Waals surface area contributed by atoms with Gasteiger partial charge >= 0.3 is 0 Å². The van der Waals surface area contributed by atoms with Crippen LogP contribution in [-0.4, -0.2) is 89.6 Å². The summed E-state index contributed by atoms with van der Waals surface area (Å²) < 4.78 is 37.5. The van der Waals surface area contributed by atoms with Gasteiger partial charge in [0.15, 0.2) is 5.82 Å². The molecule has 4 heterocycles. The number of aromatic nitrogens is 3. The lowest BCUT2D eigenvalue weighted by Gasteiger charge is -2.35. The van der Waals surface area contributed by atoms with Gasteiger partial charge in [-0.3, -0.25) is 4.90 Å². The molecule has 0 aliphatic carbocycles. The molecule has 39 heavy (non-hydrogen) atoms. The molecule has 2 bridgehead atoms. The molecular formula is C27H33ClF2N6O3. The average Bonchev–Trinajstić information content (AvgIpc) is 3.58. The summed E-state index contributed by atoms with van der Waals surface area (Å²) >= 11 is 6.65. The first-order valence-electron chi connectivity index (χ1n) is 13.0. The van der Waals surface area contributed by atoms with Crippen LogP contribution < -0.4 is 15.0 Å². The van der Waals surface area contributed by atoms with Crippen molar-refractivity contribution >= 4 is 17.4 Å². The first kappa shape index (κ1) is 27.7. The van der Waals surface area contributed by atoms with E-state index in [0.29, 0.717) is 58.9 Å². The predicted octanol–water partition coefficient (Wildman–Crippen LogP) is 3.86. The van der Waals surface area contributed by atoms with Gasteiger partial charge in [-0.25, -0.2) is 18.7 Å². The van der Waals surface area contributed by atoms with Gasteiger partial charge in [0.25, 0.3) is 6.43 Å². The minimum absolute atomic E-state index is 0.0497. The molecule has 210 valence electrons. The molecule has 0 spiro atoms. The Morgan fingerprint density at radius 1 is 1.21 bits per heavy atom. The van der Waals surface area contributed by atoms with Crippen molar-refractivity contribution in [2.45, 2.75) is 51.8 Å². The summed E-state index contributed by atoms with van der Waals surface area (Å²) in [7, 11) is 1.76. The minimum atomic E-state index is -2.35. The first-order valence-corrected chi connectivity index (χ1v) is 13.4. The van der Waals surface area contributed by atoms with Crippen molar-refractivity contribution in [3.8, 4) is 28.4 Å². The predicted molar refractivity (Wildman–Crippen MR) is 145 cm³/mol. The molecule has 2 N–H and O–H groups in total. The van der Waals surface area contributed by atoms with Gasteiger partial charge in [-0.05, 0) is 52.4 Å². The average molecular weight is 563 g/mol. The van der Waals surface area contributed by atoms with Crippen LogP contribution in [0.5, 0.6) is 5.75 Å². The number of fused-ring (bicyclic) bond motifs is 2. The maximum atomic E-state index is 13.1. The zero-order valence-electron chi connectivity index (χ0n) is 22.4. The van der Waals surface area contributed by atoms with E-state index in [0.717, 1.165) is 23.4 Å². The largest absolute Gasteiger partial charge is 0.491 e. The smallest absolute Gasteiger partial charge is 0.251 e. The zero-order valence-corrected chi connectivity index (χ0v) is 23.2. The Labute approximate surface area is 231 Å². The zero-order chi connectivity index (χ0) is 27.8. The van der Waals surface area contributed by atoms with Crippen molar-refractivity contribution in [1.29, 1.82) is 0 Å². The number of aliphatic hydroxyl groups is 1. The standard InChI is InChI=1S/C27H33ClF2N6O3/c1-14-25(24-15(2)34-39-16(24)3)32-26(21-8-20(5-6-22(21)28)38-13-19(37)9-31-4)33-27(14)36-11-17-7-18(36)10-35(17)12-23(29)30/h5-6,8,17-19,23,31,37H,7,9-13H2,1-4H3/t17-,18-,19-/m1/s1. The number of benzene rings is 1. The summed E-state index contributed by atoms with van der Waals surface area (Å²) in [6.07, 6.45) is -2.21. The molecule has 2 aromatic heterocycles. The van der Waals surface area contributed by atoms with Crippen molar-refractivity contribution in [2.24, 2.45) is 0 Å². The molecule has 5 rings (SSSR count). The molecule has 3 atom stereocenters. The van der Waals surface area contributed by atoms with Crippen LogP contribution in [0.4, 0.5) is 14.6 Å². The Morgan fingerprint density at radius 2 is 2.00 bits per heavy atom. The third-order valence-corrected chi connectivity index (χ3v) is 7.78. The SMILES string of the molecule is CNC[C@@H](O)COc1ccc(Cl)c(-c2nc(-c3c(C)noc3C)c(C)c(N3C[C@H]4C[C@@H]3CN4CC(F)F)n2)c1. The third-order valence-electron chi connectivity index (χ3n) is 7.45. The van der Waals surface area contributed by atoms with Crippen LogP contribution in [0.1, 0.15) is 23.4 Å². The summed E-state index contributed by atoms with van der Waals surface area (Å²) in [5, 5.41) is 17.5. The van der Waals surface area contributed by atoms with E-state index in [1.807, 2.05) is 25.7 Å². The Kier molecular flexibility index (Phi) is 8.04. The van der Waals surface area contributed by atoms with Gasteiger partial charge in [0.05, 0.1) is 28.5 Å². The number of hydrogen-bond donors (Lipinski definition) is 2. The number of anilines is 1. The number of hydrogen-bond acceptors (Lipinski definition) is 9. The molecule has 1 aromatic carbocycles. The van der Waals surface area contributed by atoms with Crippen molar-refractivity contribution in [3.05, 3.63) is 40.2 Å². The van der Waals surface area contributed by atoms with E-state index in [4.69, 9.17) is 30.8 Å².